The van der Waals surface area contributed by atoms with E-state index < -0.39 is 0 Å². The number of nitrogens with one attached hydrogen (secondary N) is 1. The minimum Gasteiger partial charge on any atom is -0.491 e. The van der Waals surface area contributed by atoms with Crippen LogP contribution in [0.5, 0.6) is 5.75 Å². The van der Waals surface area contributed by atoms with Crippen molar-refractivity contribution in [1.82, 2.24) is 10.3 Å². The number of rotatable bonds is 7. The van der Waals surface area contributed by atoms with Crippen LogP contribution in [0.4, 0.5) is 0 Å². The monoisotopic (exact) mass is 338 g/mol. The maximum absolute atomic E-state index is 11.8. The highest BCUT2D eigenvalue weighted by Gasteiger charge is 2.15. The van der Waals surface area contributed by atoms with Crippen molar-refractivity contribution in [2.75, 3.05) is 13.2 Å². The predicted octanol–water partition coefficient (Wildman–Crippen LogP) is 2.97. The topological polar surface area (TPSA) is 60.5 Å². The highest BCUT2D eigenvalue weighted by molar-refractivity contribution is 5.91. The van der Waals surface area contributed by atoms with Crippen molar-refractivity contribution in [3.05, 3.63) is 66.0 Å². The second-order valence-corrected chi connectivity index (χ2v) is 5.90. The maximum Gasteiger partial charge on any atom is 0.244 e. The van der Waals surface area contributed by atoms with E-state index in [1.165, 1.54) is 6.08 Å². The van der Waals surface area contributed by atoms with Gasteiger partial charge in [-0.1, -0.05) is 18.2 Å². The Labute approximate surface area is 147 Å². The number of nitrogens with zero attached hydrogens (tertiary/aromatic N) is 1. The highest BCUT2D eigenvalue weighted by atomic mass is 16.5. The lowest BCUT2D eigenvalue weighted by Crippen LogP contribution is -2.20. The van der Waals surface area contributed by atoms with Gasteiger partial charge in [-0.2, -0.15) is 0 Å². The molecule has 1 aromatic carbocycles. The molecular formula is C20H22N2O3. The Bertz CT molecular complexity index is 693. The van der Waals surface area contributed by atoms with Crippen LogP contribution in [0.3, 0.4) is 0 Å². The summed E-state index contributed by atoms with van der Waals surface area (Å²) in [5, 5.41) is 2.85. The summed E-state index contributed by atoms with van der Waals surface area (Å²) in [6.45, 7) is 1.90. The largest absolute Gasteiger partial charge is 0.491 e. The van der Waals surface area contributed by atoms with Gasteiger partial charge in [-0.3, -0.25) is 9.78 Å². The number of carbonyl (C=O) groups is 1. The molecule has 1 amide bonds. The molecule has 5 heteroatoms. The van der Waals surface area contributed by atoms with Gasteiger partial charge in [-0.05, 0) is 48.7 Å². The molecule has 25 heavy (non-hydrogen) atoms. The van der Waals surface area contributed by atoms with E-state index in [0.717, 1.165) is 36.5 Å². The number of carbonyl (C=O) groups excluding carboxylic acids is 1. The first-order valence-electron chi connectivity index (χ1n) is 8.50. The van der Waals surface area contributed by atoms with Gasteiger partial charge in [-0.15, -0.1) is 0 Å². The van der Waals surface area contributed by atoms with Gasteiger partial charge in [-0.25, -0.2) is 0 Å². The molecule has 130 valence electrons. The molecule has 0 saturated carbocycles. The van der Waals surface area contributed by atoms with Gasteiger partial charge >= 0.3 is 0 Å². The first-order valence-corrected chi connectivity index (χ1v) is 8.50. The lowest BCUT2D eigenvalue weighted by molar-refractivity contribution is -0.116. The number of amides is 1. The zero-order valence-corrected chi connectivity index (χ0v) is 14.1. The fourth-order valence-electron chi connectivity index (χ4n) is 2.55. The average molecular weight is 338 g/mol. The van der Waals surface area contributed by atoms with Crippen LogP contribution >= 0.6 is 0 Å². The van der Waals surface area contributed by atoms with Gasteiger partial charge in [0.2, 0.25) is 5.91 Å². The Balaban J connectivity index is 1.41. The Hall–Kier alpha value is -2.66. The fourth-order valence-corrected chi connectivity index (χ4v) is 2.55. The molecule has 1 aromatic heterocycles. The summed E-state index contributed by atoms with van der Waals surface area (Å²) >= 11 is 0. The van der Waals surface area contributed by atoms with E-state index in [2.05, 4.69) is 10.3 Å². The zero-order valence-electron chi connectivity index (χ0n) is 14.1. The molecule has 0 unspecified atom stereocenters. The summed E-state index contributed by atoms with van der Waals surface area (Å²) in [5.41, 5.74) is 1.77. The second kappa shape index (κ2) is 8.99. The number of hydrogen-bond donors (Lipinski definition) is 1. The summed E-state index contributed by atoms with van der Waals surface area (Å²) in [7, 11) is 0. The van der Waals surface area contributed by atoms with E-state index in [-0.39, 0.29) is 12.0 Å². The van der Waals surface area contributed by atoms with Crippen LogP contribution in [0.15, 0.2) is 54.7 Å². The molecule has 1 aliphatic rings. The number of pyridine rings is 1. The Kier molecular flexibility index (Phi) is 6.17. The molecular weight excluding hydrogens is 316 g/mol. The first kappa shape index (κ1) is 17.2. The molecule has 2 heterocycles. The van der Waals surface area contributed by atoms with Gasteiger partial charge in [0.05, 0.1) is 11.8 Å². The molecule has 5 nitrogen and oxygen atoms in total. The van der Waals surface area contributed by atoms with Crippen LogP contribution in [0.1, 0.15) is 24.1 Å². The van der Waals surface area contributed by atoms with Crippen molar-refractivity contribution >= 4 is 12.0 Å². The van der Waals surface area contributed by atoms with Crippen molar-refractivity contribution in [3.63, 3.8) is 0 Å². The predicted molar refractivity (Wildman–Crippen MR) is 96.0 cm³/mol. The fraction of sp³-hybridized carbons (Fsp3) is 0.300. The van der Waals surface area contributed by atoms with E-state index in [4.69, 9.17) is 9.47 Å². The standard InChI is InChI=1S/C20H22N2O3/c23-20(11-8-17-4-1-2-12-21-17)22-14-16-6-9-18(10-7-16)25-15-19-5-3-13-24-19/h1-2,4,6-12,19H,3,5,13-15H2,(H,22,23)/b11-8-/t19-/m0/s1. The summed E-state index contributed by atoms with van der Waals surface area (Å²) in [5.74, 6) is 0.671. The van der Waals surface area contributed by atoms with Crippen LogP contribution in [0.2, 0.25) is 0 Å². The van der Waals surface area contributed by atoms with Crippen LogP contribution in [0.25, 0.3) is 6.08 Å². The van der Waals surface area contributed by atoms with Crippen molar-refractivity contribution in [1.29, 1.82) is 0 Å². The Morgan fingerprint density at radius 1 is 1.28 bits per heavy atom. The van der Waals surface area contributed by atoms with Crippen molar-refractivity contribution in [2.24, 2.45) is 0 Å². The number of hydrogen-bond acceptors (Lipinski definition) is 4. The van der Waals surface area contributed by atoms with E-state index in [1.54, 1.807) is 12.3 Å². The molecule has 1 aliphatic heterocycles. The van der Waals surface area contributed by atoms with Crippen molar-refractivity contribution in [2.45, 2.75) is 25.5 Å². The molecule has 0 spiro atoms. The number of ether oxygens (including phenoxy) is 2. The van der Waals surface area contributed by atoms with Gasteiger partial charge in [0.15, 0.2) is 0 Å². The number of benzene rings is 1. The van der Waals surface area contributed by atoms with E-state index >= 15 is 0 Å². The summed E-state index contributed by atoms with van der Waals surface area (Å²) in [4.78, 5) is 16.0. The van der Waals surface area contributed by atoms with E-state index in [9.17, 15) is 4.79 Å². The summed E-state index contributed by atoms with van der Waals surface area (Å²) < 4.78 is 11.3. The smallest absolute Gasteiger partial charge is 0.244 e. The molecule has 0 aliphatic carbocycles. The zero-order chi connectivity index (χ0) is 17.3. The minimum atomic E-state index is -0.149. The average Bonchev–Trinajstić information content (AvgIpc) is 3.18. The quantitative estimate of drug-likeness (QED) is 0.789. The SMILES string of the molecule is O=C(/C=C\c1ccccn1)NCc1ccc(OC[C@@H]2CCCO2)cc1. The van der Waals surface area contributed by atoms with E-state index in [1.807, 2.05) is 42.5 Å². The maximum atomic E-state index is 11.8. The summed E-state index contributed by atoms with van der Waals surface area (Å²) in [6.07, 6.45) is 7.26. The number of aromatic nitrogens is 1. The molecule has 3 rings (SSSR count). The van der Waals surface area contributed by atoms with Crippen LogP contribution in [-0.4, -0.2) is 30.2 Å². The third-order valence-corrected chi connectivity index (χ3v) is 3.94. The van der Waals surface area contributed by atoms with Crippen molar-refractivity contribution in [3.8, 4) is 5.75 Å². The molecule has 1 fully saturated rings. The molecule has 1 saturated heterocycles. The van der Waals surface area contributed by atoms with Gasteiger partial charge in [0.1, 0.15) is 12.4 Å². The Morgan fingerprint density at radius 2 is 2.16 bits per heavy atom. The lowest BCUT2D eigenvalue weighted by atomic mass is 10.2. The third-order valence-electron chi connectivity index (χ3n) is 3.94. The van der Waals surface area contributed by atoms with Gasteiger partial charge in [0, 0.05) is 25.4 Å². The lowest BCUT2D eigenvalue weighted by Gasteiger charge is -2.11. The van der Waals surface area contributed by atoms with Gasteiger partial charge < -0.3 is 14.8 Å². The third kappa shape index (κ3) is 5.72. The molecule has 1 N–H and O–H groups in total. The first-order chi connectivity index (χ1) is 12.3. The molecule has 0 bridgehead atoms. The normalized spacial score (nSPS) is 16.9. The molecule has 2 aromatic rings. The van der Waals surface area contributed by atoms with Crippen LogP contribution in [0, 0.1) is 0 Å². The molecule has 1 atom stereocenters. The van der Waals surface area contributed by atoms with Crippen molar-refractivity contribution < 1.29 is 14.3 Å². The minimum absolute atomic E-state index is 0.149. The molecule has 0 radical (unpaired) electrons. The Morgan fingerprint density at radius 3 is 2.88 bits per heavy atom. The van der Waals surface area contributed by atoms with Gasteiger partial charge in [0.25, 0.3) is 0 Å². The van der Waals surface area contributed by atoms with Crippen LogP contribution < -0.4 is 10.1 Å². The van der Waals surface area contributed by atoms with E-state index in [0.29, 0.717) is 13.2 Å². The highest BCUT2D eigenvalue weighted by Crippen LogP contribution is 2.16. The second-order valence-electron chi connectivity index (χ2n) is 5.90. The summed E-state index contributed by atoms with van der Waals surface area (Å²) in [6, 6.07) is 13.3. The van der Waals surface area contributed by atoms with Crippen LogP contribution in [-0.2, 0) is 16.1 Å².